The molecule has 0 aliphatic carbocycles. The number of thioether (sulfide) groups is 1. The monoisotopic (exact) mass is 373 g/mol. The van der Waals surface area contributed by atoms with Crippen LogP contribution in [0.15, 0.2) is 41.6 Å². The van der Waals surface area contributed by atoms with Gasteiger partial charge >= 0.3 is 5.97 Å². The summed E-state index contributed by atoms with van der Waals surface area (Å²) in [5.41, 5.74) is 1.24. The average molecular weight is 373 g/mol. The van der Waals surface area contributed by atoms with Crippen LogP contribution in [0, 0.1) is 13.8 Å². The molecule has 0 spiro atoms. The van der Waals surface area contributed by atoms with Gasteiger partial charge in [-0.05, 0) is 31.9 Å². The number of hydrogen-bond acceptors (Lipinski definition) is 5. The number of aromatic nitrogens is 2. The van der Waals surface area contributed by atoms with E-state index in [-0.39, 0.29) is 18.2 Å². The molecular formula is C19H23N3O3S. The first kappa shape index (κ1) is 19.9. The van der Waals surface area contributed by atoms with E-state index in [9.17, 15) is 14.7 Å². The van der Waals surface area contributed by atoms with Crippen LogP contribution in [0.25, 0.3) is 0 Å². The third-order valence-corrected chi connectivity index (χ3v) is 5.07. The van der Waals surface area contributed by atoms with Gasteiger partial charge in [0.2, 0.25) is 5.91 Å². The fourth-order valence-electron chi connectivity index (χ4n) is 2.73. The van der Waals surface area contributed by atoms with E-state index in [1.54, 1.807) is 24.3 Å². The summed E-state index contributed by atoms with van der Waals surface area (Å²) in [6.45, 7) is 5.60. The molecule has 0 bridgehead atoms. The fourth-order valence-corrected chi connectivity index (χ4v) is 3.51. The average Bonchev–Trinajstić information content (AvgIpc) is 2.61. The Balaban J connectivity index is 2.02. The van der Waals surface area contributed by atoms with Gasteiger partial charge in [0.25, 0.3) is 0 Å². The molecule has 138 valence electrons. The zero-order chi connectivity index (χ0) is 19.2. The Labute approximate surface area is 157 Å². The molecule has 1 aromatic carbocycles. The second kappa shape index (κ2) is 8.80. The summed E-state index contributed by atoms with van der Waals surface area (Å²) in [6, 6.07) is 10.9. The Kier molecular flexibility index (Phi) is 6.74. The lowest BCUT2D eigenvalue weighted by molar-refractivity contribution is -0.144. The van der Waals surface area contributed by atoms with Gasteiger partial charge in [0.1, 0.15) is 5.41 Å². The third kappa shape index (κ3) is 4.82. The minimum absolute atomic E-state index is 0.0376. The quantitative estimate of drug-likeness (QED) is 0.546. The molecule has 1 atom stereocenters. The summed E-state index contributed by atoms with van der Waals surface area (Å²) in [6.07, 6.45) is 0.375. The molecule has 0 saturated carbocycles. The van der Waals surface area contributed by atoms with E-state index in [2.05, 4.69) is 15.3 Å². The van der Waals surface area contributed by atoms with Crippen LogP contribution < -0.4 is 5.32 Å². The lowest BCUT2D eigenvalue weighted by Gasteiger charge is -2.29. The van der Waals surface area contributed by atoms with Crippen molar-refractivity contribution in [3.05, 3.63) is 53.3 Å². The van der Waals surface area contributed by atoms with Crippen LogP contribution in [-0.4, -0.2) is 39.2 Å². The maximum Gasteiger partial charge on any atom is 0.315 e. The van der Waals surface area contributed by atoms with E-state index < -0.39 is 11.4 Å². The number of carbonyl (C=O) groups excluding carboxylic acids is 1. The van der Waals surface area contributed by atoms with E-state index in [0.717, 1.165) is 11.4 Å². The Morgan fingerprint density at radius 3 is 2.31 bits per heavy atom. The Bertz CT molecular complexity index is 763. The van der Waals surface area contributed by atoms with Gasteiger partial charge in [0.15, 0.2) is 5.16 Å². The largest absolute Gasteiger partial charge is 0.481 e. The van der Waals surface area contributed by atoms with Gasteiger partial charge in [-0.15, -0.1) is 0 Å². The van der Waals surface area contributed by atoms with Crippen LogP contribution in [-0.2, 0) is 15.0 Å². The van der Waals surface area contributed by atoms with Gasteiger partial charge in [-0.3, -0.25) is 9.59 Å². The van der Waals surface area contributed by atoms with Gasteiger partial charge in [0, 0.05) is 17.9 Å². The number of nitrogens with one attached hydrogen (secondary N) is 1. The van der Waals surface area contributed by atoms with Crippen molar-refractivity contribution in [2.45, 2.75) is 37.8 Å². The molecule has 7 heteroatoms. The molecule has 2 rings (SSSR count). The summed E-state index contributed by atoms with van der Waals surface area (Å²) in [5.74, 6) is -1.05. The van der Waals surface area contributed by atoms with Gasteiger partial charge < -0.3 is 10.4 Å². The number of carbonyl (C=O) groups is 2. The molecule has 0 radical (unpaired) electrons. The van der Waals surface area contributed by atoms with E-state index in [1.807, 2.05) is 32.9 Å². The van der Waals surface area contributed by atoms with Crippen molar-refractivity contribution >= 4 is 23.6 Å². The highest BCUT2D eigenvalue weighted by molar-refractivity contribution is 7.99. The van der Waals surface area contributed by atoms with Crippen molar-refractivity contribution in [2.75, 3.05) is 12.3 Å². The van der Waals surface area contributed by atoms with E-state index in [0.29, 0.717) is 17.1 Å². The number of benzene rings is 1. The van der Waals surface area contributed by atoms with E-state index in [1.165, 1.54) is 11.8 Å². The summed E-state index contributed by atoms with van der Waals surface area (Å²) in [7, 11) is 0. The molecule has 6 nitrogen and oxygen atoms in total. The number of nitrogens with zero attached hydrogens (tertiary/aromatic N) is 2. The number of carboxylic acid groups (broad SMARTS) is 1. The van der Waals surface area contributed by atoms with Crippen molar-refractivity contribution in [1.29, 1.82) is 0 Å². The normalized spacial score (nSPS) is 13.0. The van der Waals surface area contributed by atoms with Crippen LogP contribution in [0.2, 0.25) is 0 Å². The Morgan fingerprint density at radius 2 is 1.77 bits per heavy atom. The first-order chi connectivity index (χ1) is 12.4. The number of hydrogen-bond donors (Lipinski definition) is 2. The third-order valence-electron chi connectivity index (χ3n) is 4.22. The molecule has 0 aliphatic heterocycles. The van der Waals surface area contributed by atoms with Crippen LogP contribution in [0.1, 0.15) is 30.3 Å². The highest BCUT2D eigenvalue weighted by atomic mass is 32.2. The molecule has 1 amide bonds. The van der Waals surface area contributed by atoms with Crippen LogP contribution in [0.4, 0.5) is 0 Å². The number of aryl methyl sites for hydroxylation is 2. The zero-order valence-electron chi connectivity index (χ0n) is 15.2. The van der Waals surface area contributed by atoms with Crippen molar-refractivity contribution < 1.29 is 14.7 Å². The van der Waals surface area contributed by atoms with E-state index in [4.69, 9.17) is 0 Å². The number of carboxylic acids is 1. The van der Waals surface area contributed by atoms with Gasteiger partial charge in [-0.2, -0.15) is 0 Å². The lowest BCUT2D eigenvalue weighted by atomic mass is 9.78. The second-order valence-corrected chi connectivity index (χ2v) is 7.05. The number of aliphatic carboxylic acids is 1. The first-order valence-electron chi connectivity index (χ1n) is 8.38. The molecule has 1 unspecified atom stereocenters. The standard InChI is InChI=1S/C19H23N3O3S/c1-4-19(17(24)25,15-8-6-5-7-9-15)12-20-16(23)11-26-18-21-13(2)10-14(3)22-18/h5-10H,4,11-12H2,1-3H3,(H,20,23)(H,24,25). The number of amides is 1. The minimum atomic E-state index is -1.14. The summed E-state index contributed by atoms with van der Waals surface area (Å²) in [4.78, 5) is 32.7. The zero-order valence-corrected chi connectivity index (χ0v) is 16.0. The Hall–Kier alpha value is -2.41. The fraction of sp³-hybridized carbons (Fsp3) is 0.368. The molecule has 0 saturated heterocycles. The van der Waals surface area contributed by atoms with Crippen LogP contribution in [0.5, 0.6) is 0 Å². The van der Waals surface area contributed by atoms with Gasteiger partial charge in [0.05, 0.1) is 5.75 Å². The van der Waals surface area contributed by atoms with Crippen molar-refractivity contribution in [3.63, 3.8) is 0 Å². The predicted octanol–water partition coefficient (Wildman–Crippen LogP) is 2.73. The van der Waals surface area contributed by atoms with Gasteiger partial charge in [-0.1, -0.05) is 49.0 Å². The maximum absolute atomic E-state index is 12.2. The molecule has 0 aliphatic rings. The Morgan fingerprint density at radius 1 is 1.15 bits per heavy atom. The molecule has 2 N–H and O–H groups in total. The van der Waals surface area contributed by atoms with Crippen LogP contribution >= 0.6 is 11.8 Å². The number of rotatable bonds is 8. The molecule has 1 aromatic heterocycles. The maximum atomic E-state index is 12.2. The second-order valence-electron chi connectivity index (χ2n) is 6.11. The minimum Gasteiger partial charge on any atom is -0.481 e. The highest BCUT2D eigenvalue weighted by Crippen LogP contribution is 2.28. The van der Waals surface area contributed by atoms with Crippen LogP contribution in [0.3, 0.4) is 0 Å². The smallest absolute Gasteiger partial charge is 0.315 e. The first-order valence-corrected chi connectivity index (χ1v) is 9.36. The topological polar surface area (TPSA) is 92.2 Å². The lowest BCUT2D eigenvalue weighted by Crippen LogP contribution is -2.46. The van der Waals surface area contributed by atoms with Crippen molar-refractivity contribution in [3.8, 4) is 0 Å². The van der Waals surface area contributed by atoms with E-state index >= 15 is 0 Å². The molecule has 2 aromatic rings. The molecular weight excluding hydrogens is 350 g/mol. The summed E-state index contributed by atoms with van der Waals surface area (Å²) >= 11 is 1.24. The molecule has 0 fully saturated rings. The van der Waals surface area contributed by atoms with Crippen molar-refractivity contribution in [1.82, 2.24) is 15.3 Å². The van der Waals surface area contributed by atoms with Crippen molar-refractivity contribution in [2.24, 2.45) is 0 Å². The highest BCUT2D eigenvalue weighted by Gasteiger charge is 2.38. The SMILES string of the molecule is CCC(CNC(=O)CSc1nc(C)cc(C)n1)(C(=O)O)c1ccccc1. The molecule has 1 heterocycles. The summed E-state index contributed by atoms with van der Waals surface area (Å²) < 4.78 is 0. The molecule has 26 heavy (non-hydrogen) atoms. The van der Waals surface area contributed by atoms with Gasteiger partial charge in [-0.25, -0.2) is 9.97 Å². The predicted molar refractivity (Wildman–Crippen MR) is 101 cm³/mol. The summed E-state index contributed by atoms with van der Waals surface area (Å²) in [5, 5.41) is 13.1.